The van der Waals surface area contributed by atoms with Gasteiger partial charge in [-0.25, -0.2) is 4.79 Å². The van der Waals surface area contributed by atoms with Crippen molar-refractivity contribution in [3.63, 3.8) is 0 Å². The molecule has 3 N–H and O–H groups in total. The van der Waals surface area contributed by atoms with Gasteiger partial charge in [-0.15, -0.1) is 0 Å². The predicted molar refractivity (Wildman–Crippen MR) is 139 cm³/mol. The van der Waals surface area contributed by atoms with E-state index in [9.17, 15) is 14.4 Å². The Morgan fingerprint density at radius 1 is 1.08 bits per heavy atom. The molecule has 3 aromatic rings. The molecule has 0 radical (unpaired) electrons. The zero-order valence-corrected chi connectivity index (χ0v) is 21.6. The number of benzene rings is 2. The molecule has 9 heteroatoms. The maximum Gasteiger partial charge on any atom is 0.355 e. The molecule has 0 aliphatic carbocycles. The molecule has 0 aliphatic rings. The van der Waals surface area contributed by atoms with Crippen molar-refractivity contribution in [3.8, 4) is 0 Å². The molecule has 2 atom stereocenters. The van der Waals surface area contributed by atoms with Crippen LogP contribution in [0.3, 0.4) is 0 Å². The Hall–Kier alpha value is -3.36. The molecule has 3 rings (SSSR count). The topological polar surface area (TPSA) is 110 Å². The van der Waals surface area contributed by atoms with E-state index in [4.69, 9.17) is 21.1 Å². The number of aromatic amines is 1. The standard InChI is InChI=1S/C27H32ClN3O5/c1-5-36-27(34)24-22(19-12-11-18(28)14-20(19)30-24)23(31-21(13-16(2)3)26(33)35-4)25(32)29-15-17-9-7-6-8-10-17/h6-12,14,16,21,23,30-31H,5,13,15H2,1-4H3,(H,29,32)/t21-,23?/m1/s1. The summed E-state index contributed by atoms with van der Waals surface area (Å²) in [6, 6.07) is 12.7. The molecule has 2 aromatic carbocycles. The molecule has 36 heavy (non-hydrogen) atoms. The summed E-state index contributed by atoms with van der Waals surface area (Å²) in [4.78, 5) is 42.3. The van der Waals surface area contributed by atoms with E-state index in [1.54, 1.807) is 25.1 Å². The number of halogens is 1. The summed E-state index contributed by atoms with van der Waals surface area (Å²) < 4.78 is 10.3. The minimum atomic E-state index is -1.06. The van der Waals surface area contributed by atoms with Crippen LogP contribution in [0.25, 0.3) is 10.9 Å². The number of carbonyl (C=O) groups is 3. The Bertz CT molecular complexity index is 1210. The lowest BCUT2D eigenvalue weighted by Crippen LogP contribution is -2.46. The van der Waals surface area contributed by atoms with Crippen LogP contribution in [0.15, 0.2) is 48.5 Å². The average Bonchev–Trinajstić information content (AvgIpc) is 3.23. The molecule has 1 amide bonds. The molecule has 0 saturated heterocycles. The van der Waals surface area contributed by atoms with E-state index < -0.39 is 29.9 Å². The lowest BCUT2D eigenvalue weighted by atomic mass is 9.97. The molecule has 0 spiro atoms. The molecular weight excluding hydrogens is 482 g/mol. The number of aromatic nitrogens is 1. The normalized spacial score (nSPS) is 12.8. The number of nitrogens with one attached hydrogen (secondary N) is 3. The van der Waals surface area contributed by atoms with Gasteiger partial charge in [0.25, 0.3) is 0 Å². The number of methoxy groups -OCH3 is 1. The fraction of sp³-hybridized carbons (Fsp3) is 0.370. The third kappa shape index (κ3) is 6.65. The van der Waals surface area contributed by atoms with Crippen LogP contribution in [-0.2, 0) is 25.6 Å². The highest BCUT2D eigenvalue weighted by atomic mass is 35.5. The molecule has 1 heterocycles. The van der Waals surface area contributed by atoms with Crippen molar-refractivity contribution in [1.29, 1.82) is 0 Å². The molecule has 1 aromatic heterocycles. The number of rotatable bonds is 11. The summed E-state index contributed by atoms with van der Waals surface area (Å²) >= 11 is 6.19. The quantitative estimate of drug-likeness (QED) is 0.325. The van der Waals surface area contributed by atoms with Crippen molar-refractivity contribution in [1.82, 2.24) is 15.6 Å². The summed E-state index contributed by atoms with van der Waals surface area (Å²) in [5, 5.41) is 7.19. The number of amides is 1. The molecule has 0 saturated carbocycles. The van der Waals surface area contributed by atoms with Gasteiger partial charge in [0.15, 0.2) is 0 Å². The third-order valence-corrected chi connectivity index (χ3v) is 5.94. The minimum absolute atomic E-state index is 0.120. The van der Waals surface area contributed by atoms with E-state index >= 15 is 0 Å². The molecule has 0 fully saturated rings. The van der Waals surface area contributed by atoms with Gasteiger partial charge in [0.05, 0.1) is 13.7 Å². The molecule has 0 aliphatic heterocycles. The first-order valence-electron chi connectivity index (χ1n) is 11.9. The van der Waals surface area contributed by atoms with Crippen molar-refractivity contribution < 1.29 is 23.9 Å². The minimum Gasteiger partial charge on any atom is -0.468 e. The van der Waals surface area contributed by atoms with E-state index in [-0.39, 0.29) is 24.8 Å². The SMILES string of the molecule is CCOC(=O)c1[nH]c2cc(Cl)ccc2c1C(N[C@H](CC(C)C)C(=O)OC)C(=O)NCc1ccccc1. The molecule has 8 nitrogen and oxygen atoms in total. The van der Waals surface area contributed by atoms with Crippen LogP contribution in [-0.4, -0.2) is 42.6 Å². The maximum absolute atomic E-state index is 13.7. The highest BCUT2D eigenvalue weighted by molar-refractivity contribution is 6.31. The number of hydrogen-bond donors (Lipinski definition) is 3. The van der Waals surface area contributed by atoms with Crippen LogP contribution in [0, 0.1) is 5.92 Å². The number of carbonyl (C=O) groups excluding carboxylic acids is 3. The number of H-pyrrole nitrogens is 1. The van der Waals surface area contributed by atoms with Gasteiger partial charge in [0.2, 0.25) is 5.91 Å². The highest BCUT2D eigenvalue weighted by Crippen LogP contribution is 2.32. The van der Waals surface area contributed by atoms with Crippen LogP contribution in [0.1, 0.15) is 54.8 Å². The monoisotopic (exact) mass is 513 g/mol. The second kappa shape index (κ2) is 12.6. The number of hydrogen-bond acceptors (Lipinski definition) is 6. The summed E-state index contributed by atoms with van der Waals surface area (Å²) in [6.07, 6.45) is 0.429. The van der Waals surface area contributed by atoms with Gasteiger partial charge >= 0.3 is 11.9 Å². The van der Waals surface area contributed by atoms with Gasteiger partial charge < -0.3 is 19.8 Å². The van der Waals surface area contributed by atoms with E-state index in [0.717, 1.165) is 5.56 Å². The van der Waals surface area contributed by atoms with Gasteiger partial charge in [-0.05, 0) is 37.0 Å². The Kier molecular flexibility index (Phi) is 9.50. The first-order chi connectivity index (χ1) is 17.2. The summed E-state index contributed by atoms with van der Waals surface area (Å²) in [5.41, 5.74) is 1.98. The van der Waals surface area contributed by atoms with Gasteiger partial charge in [-0.1, -0.05) is 61.8 Å². The van der Waals surface area contributed by atoms with Crippen molar-refractivity contribution in [3.05, 3.63) is 70.4 Å². The fourth-order valence-electron chi connectivity index (χ4n) is 4.08. The maximum atomic E-state index is 13.7. The van der Waals surface area contributed by atoms with E-state index in [0.29, 0.717) is 27.9 Å². The van der Waals surface area contributed by atoms with E-state index in [2.05, 4.69) is 15.6 Å². The van der Waals surface area contributed by atoms with Gasteiger partial charge in [0.1, 0.15) is 17.8 Å². The second-order valence-corrected chi connectivity index (χ2v) is 9.27. The van der Waals surface area contributed by atoms with Crippen molar-refractivity contribution in [2.75, 3.05) is 13.7 Å². The van der Waals surface area contributed by atoms with E-state index in [1.165, 1.54) is 7.11 Å². The van der Waals surface area contributed by atoms with Gasteiger partial charge in [-0.3, -0.25) is 14.9 Å². The van der Waals surface area contributed by atoms with Gasteiger partial charge in [-0.2, -0.15) is 0 Å². The molecular formula is C27H32ClN3O5. The Morgan fingerprint density at radius 3 is 2.44 bits per heavy atom. The summed E-state index contributed by atoms with van der Waals surface area (Å²) in [5.74, 6) is -1.37. The number of ether oxygens (including phenoxy) is 2. The Balaban J connectivity index is 2.10. The van der Waals surface area contributed by atoms with Gasteiger partial charge in [0, 0.05) is 28.0 Å². The van der Waals surface area contributed by atoms with Crippen molar-refractivity contribution in [2.45, 2.75) is 45.8 Å². The number of fused-ring (bicyclic) bond motifs is 1. The van der Waals surface area contributed by atoms with Crippen molar-refractivity contribution in [2.24, 2.45) is 5.92 Å². The Morgan fingerprint density at radius 2 is 1.81 bits per heavy atom. The van der Waals surface area contributed by atoms with Crippen LogP contribution >= 0.6 is 11.6 Å². The molecule has 192 valence electrons. The zero-order valence-electron chi connectivity index (χ0n) is 20.9. The highest BCUT2D eigenvalue weighted by Gasteiger charge is 2.34. The second-order valence-electron chi connectivity index (χ2n) is 8.83. The molecule has 0 bridgehead atoms. The fourth-order valence-corrected chi connectivity index (χ4v) is 4.25. The van der Waals surface area contributed by atoms with E-state index in [1.807, 2.05) is 44.2 Å². The number of esters is 2. The average molecular weight is 514 g/mol. The largest absolute Gasteiger partial charge is 0.468 e. The van der Waals surface area contributed by atoms with Crippen LogP contribution in [0.4, 0.5) is 0 Å². The van der Waals surface area contributed by atoms with Crippen LogP contribution < -0.4 is 10.6 Å². The Labute approximate surface area is 215 Å². The smallest absolute Gasteiger partial charge is 0.355 e. The van der Waals surface area contributed by atoms with Crippen molar-refractivity contribution >= 4 is 40.3 Å². The van der Waals surface area contributed by atoms with Crippen LogP contribution in [0.2, 0.25) is 5.02 Å². The summed E-state index contributed by atoms with van der Waals surface area (Å²) in [7, 11) is 1.31. The lowest BCUT2D eigenvalue weighted by molar-refractivity contribution is -0.144. The predicted octanol–water partition coefficient (Wildman–Crippen LogP) is 4.53. The first kappa shape index (κ1) is 27.2. The zero-order chi connectivity index (χ0) is 26.2. The summed E-state index contributed by atoms with van der Waals surface area (Å²) in [6.45, 7) is 6.08. The lowest BCUT2D eigenvalue weighted by Gasteiger charge is -2.25. The molecule has 1 unspecified atom stereocenters. The third-order valence-electron chi connectivity index (χ3n) is 5.70. The van der Waals surface area contributed by atoms with Crippen LogP contribution in [0.5, 0.6) is 0 Å². The first-order valence-corrected chi connectivity index (χ1v) is 12.3.